The molecule has 0 spiro atoms. The zero-order valence-corrected chi connectivity index (χ0v) is 10.7. The first-order valence-electron chi connectivity index (χ1n) is 5.94. The summed E-state index contributed by atoms with van der Waals surface area (Å²) >= 11 is 0. The summed E-state index contributed by atoms with van der Waals surface area (Å²) in [5.41, 5.74) is 0. The minimum absolute atomic E-state index is 0.0296. The van der Waals surface area contributed by atoms with Gasteiger partial charge in [0, 0.05) is 20.1 Å². The van der Waals surface area contributed by atoms with Crippen LogP contribution in [0.5, 0.6) is 0 Å². The Labute approximate surface area is 106 Å². The van der Waals surface area contributed by atoms with Gasteiger partial charge in [-0.25, -0.2) is 4.79 Å². The van der Waals surface area contributed by atoms with E-state index in [2.05, 4.69) is 5.32 Å². The van der Waals surface area contributed by atoms with Gasteiger partial charge >= 0.3 is 12.0 Å². The molecule has 1 aliphatic heterocycles. The molecule has 0 aromatic heterocycles. The molecule has 0 saturated carbocycles. The summed E-state index contributed by atoms with van der Waals surface area (Å²) in [6.07, 6.45) is 2.00. The van der Waals surface area contributed by atoms with E-state index in [1.807, 2.05) is 0 Å². The lowest BCUT2D eigenvalue weighted by Crippen LogP contribution is -2.48. The van der Waals surface area contributed by atoms with Gasteiger partial charge in [-0.2, -0.15) is 0 Å². The van der Waals surface area contributed by atoms with Gasteiger partial charge in [0.05, 0.1) is 0 Å². The van der Waals surface area contributed by atoms with Crippen molar-refractivity contribution in [1.29, 1.82) is 0 Å². The van der Waals surface area contributed by atoms with Crippen LogP contribution in [0.1, 0.15) is 19.8 Å². The third-order valence-electron chi connectivity index (χ3n) is 2.89. The van der Waals surface area contributed by atoms with Gasteiger partial charge in [0.15, 0.2) is 0 Å². The predicted molar refractivity (Wildman–Crippen MR) is 64.1 cm³/mol. The number of hydrogen-bond acceptors (Lipinski definition) is 3. The molecular weight excluding hydrogens is 238 g/mol. The van der Waals surface area contributed by atoms with Crippen molar-refractivity contribution >= 4 is 17.9 Å². The third-order valence-corrected chi connectivity index (χ3v) is 2.89. The van der Waals surface area contributed by atoms with E-state index in [0.29, 0.717) is 0 Å². The number of likely N-dealkylation sites (N-methyl/N-ethyl adjacent to an activating group) is 1. The highest BCUT2D eigenvalue weighted by molar-refractivity contribution is 5.86. The van der Waals surface area contributed by atoms with E-state index in [1.165, 1.54) is 18.9 Å². The van der Waals surface area contributed by atoms with Crippen LogP contribution in [0.3, 0.4) is 0 Å². The average molecular weight is 257 g/mol. The summed E-state index contributed by atoms with van der Waals surface area (Å²) in [5, 5.41) is 11.0. The number of hydrogen-bond donors (Lipinski definition) is 2. The van der Waals surface area contributed by atoms with E-state index in [4.69, 9.17) is 5.11 Å². The second-order valence-corrected chi connectivity index (χ2v) is 4.45. The molecule has 0 aromatic carbocycles. The van der Waals surface area contributed by atoms with Crippen molar-refractivity contribution in [3.8, 4) is 0 Å². The molecule has 0 bridgehead atoms. The first-order valence-corrected chi connectivity index (χ1v) is 5.94. The second-order valence-electron chi connectivity index (χ2n) is 4.45. The molecule has 0 aliphatic carbocycles. The third kappa shape index (κ3) is 3.90. The van der Waals surface area contributed by atoms with Gasteiger partial charge in [0.1, 0.15) is 12.6 Å². The topological polar surface area (TPSA) is 90.0 Å². The molecule has 3 amide bonds. The molecule has 0 unspecified atom stereocenters. The Balaban J connectivity index is 2.39. The van der Waals surface area contributed by atoms with Crippen molar-refractivity contribution in [1.82, 2.24) is 15.1 Å². The first-order chi connectivity index (χ1) is 8.41. The van der Waals surface area contributed by atoms with Crippen molar-refractivity contribution in [3.63, 3.8) is 0 Å². The van der Waals surface area contributed by atoms with Crippen molar-refractivity contribution in [2.75, 3.05) is 26.7 Å². The average Bonchev–Trinajstić information content (AvgIpc) is 2.81. The number of rotatable bonds is 4. The Hall–Kier alpha value is -1.79. The SMILES string of the molecule is C[C@@H](NC(=O)N(C)CC(=O)N1CCCC1)C(=O)O. The Kier molecular flexibility index (Phi) is 4.94. The molecular formula is C11H19N3O4. The van der Waals surface area contributed by atoms with Gasteiger partial charge in [-0.3, -0.25) is 9.59 Å². The molecule has 1 heterocycles. The van der Waals surface area contributed by atoms with Crippen molar-refractivity contribution in [2.24, 2.45) is 0 Å². The number of carbonyl (C=O) groups excluding carboxylic acids is 2. The summed E-state index contributed by atoms with van der Waals surface area (Å²) in [7, 11) is 1.47. The number of amides is 3. The van der Waals surface area contributed by atoms with Crippen molar-refractivity contribution in [3.05, 3.63) is 0 Å². The van der Waals surface area contributed by atoms with Crippen LogP contribution < -0.4 is 5.32 Å². The highest BCUT2D eigenvalue weighted by atomic mass is 16.4. The van der Waals surface area contributed by atoms with Crippen molar-refractivity contribution in [2.45, 2.75) is 25.8 Å². The molecule has 0 radical (unpaired) electrons. The van der Waals surface area contributed by atoms with E-state index in [9.17, 15) is 14.4 Å². The van der Waals surface area contributed by atoms with Crippen LogP contribution in [0.15, 0.2) is 0 Å². The van der Waals surface area contributed by atoms with Crippen LogP contribution >= 0.6 is 0 Å². The Morgan fingerprint density at radius 3 is 2.39 bits per heavy atom. The van der Waals surface area contributed by atoms with Gasteiger partial charge < -0.3 is 20.2 Å². The lowest BCUT2D eigenvalue weighted by atomic mass is 10.3. The standard InChI is InChI=1S/C11H19N3O4/c1-8(10(16)17)12-11(18)13(2)7-9(15)14-5-3-4-6-14/h8H,3-7H2,1-2H3,(H,12,18)(H,16,17)/t8-/m1/s1. The number of urea groups is 1. The zero-order valence-electron chi connectivity index (χ0n) is 10.7. The van der Waals surface area contributed by atoms with E-state index < -0.39 is 18.0 Å². The fourth-order valence-electron chi connectivity index (χ4n) is 1.70. The predicted octanol–water partition coefficient (Wildman–Crippen LogP) is -0.277. The maximum atomic E-state index is 11.8. The largest absolute Gasteiger partial charge is 0.480 e. The molecule has 7 heteroatoms. The van der Waals surface area contributed by atoms with Gasteiger partial charge in [0.2, 0.25) is 5.91 Å². The lowest BCUT2D eigenvalue weighted by Gasteiger charge is -2.22. The summed E-state index contributed by atoms with van der Waals surface area (Å²) in [6, 6.07) is -1.53. The lowest BCUT2D eigenvalue weighted by molar-refractivity contribution is -0.138. The minimum Gasteiger partial charge on any atom is -0.480 e. The van der Waals surface area contributed by atoms with E-state index >= 15 is 0 Å². The number of carboxylic acids is 1. The van der Waals surface area contributed by atoms with Gasteiger partial charge in [-0.05, 0) is 19.8 Å². The van der Waals surface area contributed by atoms with Crippen molar-refractivity contribution < 1.29 is 19.5 Å². The highest BCUT2D eigenvalue weighted by Crippen LogP contribution is 2.07. The van der Waals surface area contributed by atoms with Crippen LogP contribution in [0.25, 0.3) is 0 Å². The number of carboxylic acid groups (broad SMARTS) is 1. The molecule has 0 aromatic rings. The molecule has 7 nitrogen and oxygen atoms in total. The minimum atomic E-state index is -1.11. The first kappa shape index (κ1) is 14.3. The quantitative estimate of drug-likeness (QED) is 0.725. The number of nitrogens with zero attached hydrogens (tertiary/aromatic N) is 2. The Bertz CT molecular complexity index is 339. The fraction of sp³-hybridized carbons (Fsp3) is 0.727. The normalized spacial score (nSPS) is 16.2. The molecule has 1 atom stereocenters. The van der Waals surface area contributed by atoms with Gasteiger partial charge in [-0.1, -0.05) is 0 Å². The molecule has 1 saturated heterocycles. The van der Waals surface area contributed by atoms with Crippen LogP contribution in [0.2, 0.25) is 0 Å². The molecule has 1 rings (SSSR count). The summed E-state index contributed by atoms with van der Waals surface area (Å²) in [5.74, 6) is -1.21. The number of aliphatic carboxylic acids is 1. The van der Waals surface area contributed by atoms with Crippen LogP contribution in [0, 0.1) is 0 Å². The molecule has 102 valence electrons. The Morgan fingerprint density at radius 1 is 1.33 bits per heavy atom. The van der Waals surface area contributed by atoms with Gasteiger partial charge in [0.25, 0.3) is 0 Å². The fourth-order valence-corrected chi connectivity index (χ4v) is 1.70. The van der Waals surface area contributed by atoms with E-state index in [-0.39, 0.29) is 12.5 Å². The molecule has 1 aliphatic rings. The molecule has 18 heavy (non-hydrogen) atoms. The molecule has 2 N–H and O–H groups in total. The van der Waals surface area contributed by atoms with Crippen LogP contribution in [-0.4, -0.2) is 65.5 Å². The summed E-state index contributed by atoms with van der Waals surface area (Å²) in [6.45, 7) is 2.81. The zero-order chi connectivity index (χ0) is 13.7. The maximum Gasteiger partial charge on any atom is 0.325 e. The second kappa shape index (κ2) is 6.23. The van der Waals surface area contributed by atoms with E-state index in [1.54, 1.807) is 4.90 Å². The number of likely N-dealkylation sites (tertiary alicyclic amines) is 1. The monoisotopic (exact) mass is 257 g/mol. The summed E-state index contributed by atoms with van der Waals surface area (Å²) < 4.78 is 0. The van der Waals surface area contributed by atoms with Crippen LogP contribution in [0.4, 0.5) is 4.79 Å². The summed E-state index contributed by atoms with van der Waals surface area (Å²) in [4.78, 5) is 36.8. The molecule has 1 fully saturated rings. The number of nitrogens with one attached hydrogen (secondary N) is 1. The number of carbonyl (C=O) groups is 3. The van der Waals surface area contributed by atoms with Crippen LogP contribution in [-0.2, 0) is 9.59 Å². The Morgan fingerprint density at radius 2 is 1.89 bits per heavy atom. The van der Waals surface area contributed by atoms with Gasteiger partial charge in [-0.15, -0.1) is 0 Å². The maximum absolute atomic E-state index is 11.8. The highest BCUT2D eigenvalue weighted by Gasteiger charge is 2.22. The smallest absolute Gasteiger partial charge is 0.325 e. The van der Waals surface area contributed by atoms with E-state index in [0.717, 1.165) is 25.9 Å².